The van der Waals surface area contributed by atoms with Gasteiger partial charge in [0.2, 0.25) is 0 Å². The van der Waals surface area contributed by atoms with Gasteiger partial charge in [-0.1, -0.05) is 91.0 Å². The number of esters is 2. The minimum Gasteiger partial charge on any atom is -0.465 e. The first kappa shape index (κ1) is 43.9. The minimum absolute atomic E-state index is 0.0298. The summed E-state index contributed by atoms with van der Waals surface area (Å²) in [5.41, 5.74) is 4.34. The third-order valence-electron chi connectivity index (χ3n) is 15.7. The van der Waals surface area contributed by atoms with E-state index in [9.17, 15) is 9.59 Å². The second-order valence-corrected chi connectivity index (χ2v) is 20.5. The van der Waals surface area contributed by atoms with Crippen LogP contribution in [0.3, 0.4) is 0 Å². The Balaban J connectivity index is 0.859. The van der Waals surface area contributed by atoms with Crippen molar-refractivity contribution in [3.8, 4) is 11.5 Å². The summed E-state index contributed by atoms with van der Waals surface area (Å²) in [6.07, 6.45) is 18.7. The molecule has 4 fully saturated rings. The molecule has 0 amide bonds. The summed E-state index contributed by atoms with van der Waals surface area (Å²) in [7, 11) is 0. The number of rotatable bonds is 18. The van der Waals surface area contributed by atoms with Crippen molar-refractivity contribution >= 4 is 11.9 Å². The van der Waals surface area contributed by atoms with Gasteiger partial charge in [0.25, 0.3) is 0 Å². The lowest BCUT2D eigenvalue weighted by atomic mass is 9.47. The van der Waals surface area contributed by atoms with E-state index in [1.165, 1.54) is 51.4 Å². The fraction of sp³-hybridized carbons (Fsp3) is 0.692. The number of carbonyl (C=O) groups excluding carboxylic acids is 2. The van der Waals surface area contributed by atoms with Gasteiger partial charge in [-0.2, -0.15) is 0 Å². The molecule has 0 bridgehead atoms. The largest absolute Gasteiger partial charge is 0.465 e. The minimum atomic E-state index is -0.426. The molecule has 7 rings (SSSR count). The van der Waals surface area contributed by atoms with Crippen LogP contribution in [0.2, 0.25) is 0 Å². The van der Waals surface area contributed by atoms with E-state index in [1.807, 2.05) is 32.0 Å². The zero-order chi connectivity index (χ0) is 42.0. The van der Waals surface area contributed by atoms with Crippen LogP contribution in [0.4, 0.5) is 0 Å². The quantitative estimate of drug-likeness (QED) is 0.0487. The van der Waals surface area contributed by atoms with E-state index in [-0.39, 0.29) is 29.4 Å². The van der Waals surface area contributed by atoms with E-state index < -0.39 is 5.97 Å². The molecule has 2 aromatic carbocycles. The summed E-state index contributed by atoms with van der Waals surface area (Å²) in [6.45, 7) is 19.7. The summed E-state index contributed by atoms with van der Waals surface area (Å²) in [4.78, 5) is 26.3. The van der Waals surface area contributed by atoms with Crippen molar-refractivity contribution < 1.29 is 33.3 Å². The maximum atomic E-state index is 13.2. The Bertz CT molecular complexity index is 1790. The summed E-state index contributed by atoms with van der Waals surface area (Å²) >= 11 is 0. The maximum absolute atomic E-state index is 13.2. The smallest absolute Gasteiger partial charge is 0.343 e. The van der Waals surface area contributed by atoms with Crippen LogP contribution in [0.5, 0.6) is 11.5 Å². The fourth-order valence-corrected chi connectivity index (χ4v) is 12.1. The lowest BCUT2D eigenvalue weighted by molar-refractivity contribution is -0.151. The van der Waals surface area contributed by atoms with Crippen molar-refractivity contribution in [2.75, 3.05) is 13.2 Å². The molecule has 1 aliphatic heterocycles. The van der Waals surface area contributed by atoms with Crippen molar-refractivity contribution in [3.63, 3.8) is 0 Å². The molecule has 2 unspecified atom stereocenters. The Morgan fingerprint density at radius 1 is 0.898 bits per heavy atom. The lowest BCUT2D eigenvalue weighted by Crippen LogP contribution is -2.51. The molecule has 1 saturated heterocycles. The average molecular weight is 811 g/mol. The van der Waals surface area contributed by atoms with E-state index in [1.54, 1.807) is 29.8 Å². The highest BCUT2D eigenvalue weighted by atomic mass is 16.7. The summed E-state index contributed by atoms with van der Waals surface area (Å²) < 4.78 is 29.4. The van der Waals surface area contributed by atoms with Crippen molar-refractivity contribution in [1.29, 1.82) is 0 Å². The van der Waals surface area contributed by atoms with Gasteiger partial charge >= 0.3 is 11.9 Å². The van der Waals surface area contributed by atoms with Crippen LogP contribution in [-0.4, -0.2) is 43.1 Å². The molecule has 4 aliphatic carbocycles. The molecule has 0 N–H and O–H groups in total. The normalized spacial score (nSPS) is 31.9. The van der Waals surface area contributed by atoms with Crippen LogP contribution in [0.25, 0.3) is 0 Å². The number of benzene rings is 2. The van der Waals surface area contributed by atoms with Gasteiger partial charge in [0.1, 0.15) is 23.2 Å². The summed E-state index contributed by atoms with van der Waals surface area (Å²) in [5.74, 6) is 5.51. The first-order chi connectivity index (χ1) is 28.2. The van der Waals surface area contributed by atoms with E-state index in [4.69, 9.17) is 23.7 Å². The third-order valence-corrected chi connectivity index (χ3v) is 15.7. The zero-order valence-corrected chi connectivity index (χ0v) is 37.6. The number of ether oxygens (including phenoxy) is 5. The Kier molecular flexibility index (Phi) is 13.7. The predicted octanol–water partition coefficient (Wildman–Crippen LogP) is 12.4. The molecule has 0 aromatic heterocycles. The molecule has 0 spiro atoms. The Morgan fingerprint density at radius 2 is 1.66 bits per heavy atom. The van der Waals surface area contributed by atoms with Gasteiger partial charge in [0, 0.05) is 19.3 Å². The second-order valence-electron chi connectivity index (χ2n) is 20.5. The van der Waals surface area contributed by atoms with Gasteiger partial charge in [-0.15, -0.1) is 0 Å². The molecule has 10 atom stereocenters. The van der Waals surface area contributed by atoms with Crippen LogP contribution < -0.4 is 9.47 Å². The van der Waals surface area contributed by atoms with Crippen molar-refractivity contribution in [2.45, 2.75) is 170 Å². The number of fused-ring (bicyclic) bond motifs is 5. The summed E-state index contributed by atoms with van der Waals surface area (Å²) in [5, 5.41) is 0. The molecule has 2 aromatic rings. The molecule has 3 saturated carbocycles. The first-order valence-electron chi connectivity index (χ1n) is 23.4. The van der Waals surface area contributed by atoms with E-state index in [2.05, 4.69) is 47.6 Å². The topological polar surface area (TPSA) is 83.6 Å². The molecule has 0 radical (unpaired) electrons. The number of epoxide rings is 1. The standard InChI is InChI=1S/C52H74O7/c1-9-11-48(55-32-50(6)33-56-50)58-40-20-22-42(36(5)30-40)49(54)59-39-18-14-37(15-19-39)16-25-47(53)57-41-26-28-51(7)38(31-41)17-21-43-45-24-23-44(35(4)13-10-12-34(2)3)52(45,8)29-27-46(43)51/h14-15,17-20,22,30,34-35,41,43-46,48H,9-13,16,21,23-29,31-33H2,1-8H3/t35-,41+,43+,44-,45+,46+,48?,50?,51+,52-/m1/s1. The number of carbonyl (C=O) groups is 2. The Morgan fingerprint density at radius 3 is 2.37 bits per heavy atom. The van der Waals surface area contributed by atoms with Gasteiger partial charge in [-0.3, -0.25) is 4.79 Å². The SMILES string of the molecule is CCCC(OCC1(C)CO1)Oc1ccc(C(=O)Oc2ccc(CCC(=O)O[C@H]3CC[C@@]4(C)C(=CC[C@H]5[C@@H]6CC[C@H]([C@H](C)CCCC(C)C)[C@@]6(C)CC[C@@H]54)C3)cc2)c(C)c1. The Labute approximate surface area is 355 Å². The van der Waals surface area contributed by atoms with E-state index in [0.29, 0.717) is 48.5 Å². The second kappa shape index (κ2) is 18.4. The zero-order valence-electron chi connectivity index (χ0n) is 37.6. The van der Waals surface area contributed by atoms with E-state index >= 15 is 0 Å². The van der Waals surface area contributed by atoms with E-state index in [0.717, 1.165) is 78.7 Å². The maximum Gasteiger partial charge on any atom is 0.343 e. The average Bonchev–Trinajstić information content (AvgIpc) is 3.83. The highest BCUT2D eigenvalue weighted by molar-refractivity contribution is 5.92. The molecule has 59 heavy (non-hydrogen) atoms. The number of allylic oxidation sites excluding steroid dienone is 1. The Hall–Kier alpha value is -3.16. The number of hydrogen-bond donors (Lipinski definition) is 0. The van der Waals surface area contributed by atoms with Crippen LogP contribution >= 0.6 is 0 Å². The van der Waals surface area contributed by atoms with Crippen LogP contribution in [0, 0.1) is 53.3 Å². The van der Waals surface area contributed by atoms with Crippen molar-refractivity contribution in [1.82, 2.24) is 0 Å². The van der Waals surface area contributed by atoms with Gasteiger partial charge in [0.05, 0.1) is 18.8 Å². The number of aryl methyl sites for hydroxylation is 2. The number of hydrogen-bond acceptors (Lipinski definition) is 7. The molecule has 324 valence electrons. The first-order valence-corrected chi connectivity index (χ1v) is 23.4. The van der Waals surface area contributed by atoms with Crippen LogP contribution in [-0.2, 0) is 25.4 Å². The summed E-state index contributed by atoms with van der Waals surface area (Å²) in [6, 6.07) is 12.8. The molecular formula is C52H74O7. The molecule has 7 nitrogen and oxygen atoms in total. The predicted molar refractivity (Wildman–Crippen MR) is 233 cm³/mol. The van der Waals surface area contributed by atoms with Gasteiger partial charge < -0.3 is 23.7 Å². The third kappa shape index (κ3) is 10.1. The fourth-order valence-electron chi connectivity index (χ4n) is 12.1. The van der Waals surface area contributed by atoms with Crippen LogP contribution in [0.15, 0.2) is 54.1 Å². The molecule has 5 aliphatic rings. The van der Waals surface area contributed by atoms with Crippen molar-refractivity contribution in [2.24, 2.45) is 46.3 Å². The lowest BCUT2D eigenvalue weighted by Gasteiger charge is -2.58. The molecular weight excluding hydrogens is 737 g/mol. The molecule has 7 heteroatoms. The van der Waals surface area contributed by atoms with Crippen LogP contribution in [0.1, 0.15) is 160 Å². The highest BCUT2D eigenvalue weighted by Gasteiger charge is 2.59. The van der Waals surface area contributed by atoms with Gasteiger partial charge in [0.15, 0.2) is 6.29 Å². The highest BCUT2D eigenvalue weighted by Crippen LogP contribution is 2.67. The molecule has 1 heterocycles. The van der Waals surface area contributed by atoms with Crippen molar-refractivity contribution in [3.05, 3.63) is 70.8 Å². The monoisotopic (exact) mass is 811 g/mol. The van der Waals surface area contributed by atoms with Gasteiger partial charge in [-0.25, -0.2) is 4.79 Å². The van der Waals surface area contributed by atoms with Gasteiger partial charge in [-0.05, 0) is 153 Å².